The average Bonchev–Trinajstić information content (AvgIpc) is 2.49. The predicted octanol–water partition coefficient (Wildman–Crippen LogP) is 5.73. The highest BCUT2D eigenvalue weighted by molar-refractivity contribution is 7.89. The van der Waals surface area contributed by atoms with Crippen LogP contribution in [0.15, 0.2) is 41.3 Å². The summed E-state index contributed by atoms with van der Waals surface area (Å²) in [5, 5.41) is 0.910. The molecule has 0 aromatic heterocycles. The minimum absolute atomic E-state index is 0.0119. The highest BCUT2D eigenvalue weighted by Gasteiger charge is 2.24. The highest BCUT2D eigenvalue weighted by atomic mass is 35.5. The SMILES string of the molecule is CC[C@H](NS(=O)(=O)c1cc(Cl)c(Cl)cc1Cl)c1ccc(Cl)cc1. The van der Waals surface area contributed by atoms with Gasteiger partial charge in [0.2, 0.25) is 10.0 Å². The van der Waals surface area contributed by atoms with E-state index in [2.05, 4.69) is 4.72 Å². The lowest BCUT2D eigenvalue weighted by molar-refractivity contribution is 0.550. The van der Waals surface area contributed by atoms with Crippen molar-refractivity contribution in [2.24, 2.45) is 0 Å². The molecule has 1 atom stereocenters. The molecule has 0 amide bonds. The van der Waals surface area contributed by atoms with Crippen molar-refractivity contribution in [2.75, 3.05) is 0 Å². The van der Waals surface area contributed by atoms with Gasteiger partial charge >= 0.3 is 0 Å². The molecule has 0 radical (unpaired) electrons. The summed E-state index contributed by atoms with van der Waals surface area (Å²) in [6.07, 6.45) is 0.555. The van der Waals surface area contributed by atoms with E-state index in [4.69, 9.17) is 46.4 Å². The first-order valence-electron chi connectivity index (χ1n) is 6.67. The van der Waals surface area contributed by atoms with Crippen LogP contribution in [0, 0.1) is 0 Å². The molecule has 0 aliphatic carbocycles. The van der Waals surface area contributed by atoms with Gasteiger partial charge in [-0.05, 0) is 36.2 Å². The molecule has 23 heavy (non-hydrogen) atoms. The second-order valence-corrected chi connectivity index (χ2v) is 8.17. The fourth-order valence-electron chi connectivity index (χ4n) is 2.04. The van der Waals surface area contributed by atoms with E-state index in [1.54, 1.807) is 24.3 Å². The topological polar surface area (TPSA) is 46.2 Å². The van der Waals surface area contributed by atoms with Crippen LogP contribution in [-0.2, 0) is 10.0 Å². The molecule has 1 N–H and O–H groups in total. The van der Waals surface area contributed by atoms with Crippen molar-refractivity contribution in [3.8, 4) is 0 Å². The van der Waals surface area contributed by atoms with Gasteiger partial charge in [-0.25, -0.2) is 13.1 Å². The number of rotatable bonds is 5. The number of hydrogen-bond acceptors (Lipinski definition) is 2. The van der Waals surface area contributed by atoms with Gasteiger partial charge in [-0.15, -0.1) is 0 Å². The van der Waals surface area contributed by atoms with Crippen LogP contribution >= 0.6 is 46.4 Å². The van der Waals surface area contributed by atoms with Crippen LogP contribution in [0.4, 0.5) is 0 Å². The maximum atomic E-state index is 12.6. The Hall–Kier alpha value is -0.490. The third kappa shape index (κ3) is 4.53. The van der Waals surface area contributed by atoms with Gasteiger partial charge in [-0.1, -0.05) is 65.5 Å². The van der Waals surface area contributed by atoms with E-state index in [-0.39, 0.29) is 20.0 Å². The number of halogens is 4. The van der Waals surface area contributed by atoms with E-state index < -0.39 is 16.1 Å². The van der Waals surface area contributed by atoms with Gasteiger partial charge in [0.25, 0.3) is 0 Å². The Morgan fingerprint density at radius 2 is 1.52 bits per heavy atom. The summed E-state index contributed by atoms with van der Waals surface area (Å²) in [7, 11) is -3.86. The highest BCUT2D eigenvalue weighted by Crippen LogP contribution is 2.32. The monoisotopic (exact) mass is 411 g/mol. The zero-order valence-corrected chi connectivity index (χ0v) is 15.8. The van der Waals surface area contributed by atoms with Gasteiger partial charge in [0.1, 0.15) is 4.90 Å². The summed E-state index contributed by atoms with van der Waals surface area (Å²) in [5.74, 6) is 0. The molecule has 0 spiro atoms. The standard InChI is InChI=1S/C15H13Cl4NO2S/c1-2-14(9-3-5-10(16)6-4-9)20-23(21,22)15-8-12(18)11(17)7-13(15)19/h3-8,14,20H,2H2,1H3/t14-/m0/s1. The molecule has 2 aromatic rings. The van der Waals surface area contributed by atoms with Gasteiger partial charge in [0.05, 0.1) is 15.1 Å². The van der Waals surface area contributed by atoms with Crippen LogP contribution in [0.5, 0.6) is 0 Å². The Bertz CT molecular complexity index is 807. The minimum atomic E-state index is -3.86. The zero-order chi connectivity index (χ0) is 17.2. The van der Waals surface area contributed by atoms with Gasteiger partial charge in [0.15, 0.2) is 0 Å². The smallest absolute Gasteiger partial charge is 0.207 e. The van der Waals surface area contributed by atoms with E-state index in [0.717, 1.165) is 5.56 Å². The summed E-state index contributed by atoms with van der Waals surface area (Å²) < 4.78 is 27.8. The van der Waals surface area contributed by atoms with Gasteiger partial charge < -0.3 is 0 Å². The number of hydrogen-bond donors (Lipinski definition) is 1. The predicted molar refractivity (Wildman–Crippen MR) is 96.3 cm³/mol. The summed E-state index contributed by atoms with van der Waals surface area (Å²) >= 11 is 23.6. The van der Waals surface area contributed by atoms with Gasteiger partial charge in [-0.3, -0.25) is 0 Å². The number of nitrogens with one attached hydrogen (secondary N) is 1. The summed E-state index contributed by atoms with van der Waals surface area (Å²) in [4.78, 5) is -0.110. The first-order chi connectivity index (χ1) is 10.7. The summed E-state index contributed by atoms with van der Waals surface area (Å²) in [6, 6.07) is 9.10. The number of sulfonamides is 1. The molecule has 0 unspecified atom stereocenters. The molecule has 0 bridgehead atoms. The Morgan fingerprint density at radius 3 is 2.09 bits per heavy atom. The number of benzene rings is 2. The molecule has 0 aliphatic rings. The van der Waals surface area contributed by atoms with Crippen molar-refractivity contribution in [2.45, 2.75) is 24.3 Å². The zero-order valence-electron chi connectivity index (χ0n) is 12.0. The van der Waals surface area contributed by atoms with Crippen molar-refractivity contribution in [1.82, 2.24) is 4.72 Å². The molecular weight excluding hydrogens is 400 g/mol. The molecule has 0 heterocycles. The van der Waals surface area contributed by atoms with Crippen molar-refractivity contribution < 1.29 is 8.42 Å². The minimum Gasteiger partial charge on any atom is -0.207 e. The van der Waals surface area contributed by atoms with Crippen molar-refractivity contribution >= 4 is 56.4 Å². The van der Waals surface area contributed by atoms with Crippen LogP contribution in [0.25, 0.3) is 0 Å². The molecule has 2 aromatic carbocycles. The van der Waals surface area contributed by atoms with E-state index >= 15 is 0 Å². The summed E-state index contributed by atoms with van der Waals surface area (Å²) in [6.45, 7) is 1.87. The van der Waals surface area contributed by atoms with Gasteiger partial charge in [-0.2, -0.15) is 0 Å². The van der Waals surface area contributed by atoms with Crippen molar-refractivity contribution in [3.05, 3.63) is 62.1 Å². The van der Waals surface area contributed by atoms with Crippen LogP contribution < -0.4 is 4.72 Å². The quantitative estimate of drug-likeness (QED) is 0.637. The maximum Gasteiger partial charge on any atom is 0.242 e. The molecule has 124 valence electrons. The molecule has 0 saturated carbocycles. The largest absolute Gasteiger partial charge is 0.242 e. The van der Waals surface area contributed by atoms with Crippen LogP contribution in [0.2, 0.25) is 20.1 Å². The van der Waals surface area contributed by atoms with E-state index in [0.29, 0.717) is 11.4 Å². The third-order valence-electron chi connectivity index (χ3n) is 3.24. The lowest BCUT2D eigenvalue weighted by Crippen LogP contribution is -2.28. The van der Waals surface area contributed by atoms with Crippen molar-refractivity contribution in [1.29, 1.82) is 0 Å². The van der Waals surface area contributed by atoms with E-state index in [1.165, 1.54) is 12.1 Å². The average molecular weight is 413 g/mol. The fourth-order valence-corrected chi connectivity index (χ4v) is 4.48. The Kier molecular flexibility index (Phi) is 6.22. The van der Waals surface area contributed by atoms with Crippen LogP contribution in [0.3, 0.4) is 0 Å². The second-order valence-electron chi connectivity index (χ2n) is 4.83. The molecular formula is C15H13Cl4NO2S. The first kappa shape index (κ1) is 18.8. The van der Waals surface area contributed by atoms with Crippen molar-refractivity contribution in [3.63, 3.8) is 0 Å². The lowest BCUT2D eigenvalue weighted by atomic mass is 10.1. The molecule has 0 fully saturated rings. The van der Waals surface area contributed by atoms with Gasteiger partial charge in [0, 0.05) is 11.1 Å². The Labute approximate surface area is 155 Å². The van der Waals surface area contributed by atoms with Crippen LogP contribution in [-0.4, -0.2) is 8.42 Å². The van der Waals surface area contributed by atoms with Crippen LogP contribution in [0.1, 0.15) is 24.9 Å². The lowest BCUT2D eigenvalue weighted by Gasteiger charge is -2.18. The Morgan fingerprint density at radius 1 is 0.957 bits per heavy atom. The second kappa shape index (κ2) is 7.60. The third-order valence-corrected chi connectivity index (χ3v) is 6.15. The normalized spacial score (nSPS) is 13.1. The Balaban J connectivity index is 2.36. The maximum absolute atomic E-state index is 12.6. The molecule has 3 nitrogen and oxygen atoms in total. The summed E-state index contributed by atoms with van der Waals surface area (Å²) in [5.41, 5.74) is 0.802. The van der Waals surface area contributed by atoms with E-state index in [9.17, 15) is 8.42 Å². The van der Waals surface area contributed by atoms with E-state index in [1.807, 2.05) is 6.92 Å². The molecule has 8 heteroatoms. The molecule has 0 saturated heterocycles. The molecule has 0 aliphatic heterocycles. The fraction of sp³-hybridized carbons (Fsp3) is 0.200. The first-order valence-corrected chi connectivity index (χ1v) is 9.66. The molecule has 2 rings (SSSR count).